The number of hydrogen-bond acceptors (Lipinski definition) is 2. The van der Waals surface area contributed by atoms with Gasteiger partial charge in [0.25, 0.3) is 0 Å². The highest BCUT2D eigenvalue weighted by atomic mass is 35.5. The van der Waals surface area contributed by atoms with Gasteiger partial charge in [-0.25, -0.2) is 0 Å². The molecule has 0 unspecified atom stereocenters. The van der Waals surface area contributed by atoms with Gasteiger partial charge in [-0.3, -0.25) is 4.79 Å². The van der Waals surface area contributed by atoms with Gasteiger partial charge in [-0.2, -0.15) is 0 Å². The summed E-state index contributed by atoms with van der Waals surface area (Å²) in [6.45, 7) is 1.89. The fraction of sp³-hybridized carbons (Fsp3) is 0.235. The summed E-state index contributed by atoms with van der Waals surface area (Å²) >= 11 is 5.82. The molecule has 2 aromatic carbocycles. The lowest BCUT2D eigenvalue weighted by Crippen LogP contribution is -2.11. The molecular formula is C17H18ClNO2. The molecule has 0 aliphatic heterocycles. The number of halogens is 1. The Hall–Kier alpha value is -2.00. The zero-order chi connectivity index (χ0) is 15.2. The Kier molecular flexibility index (Phi) is 5.23. The zero-order valence-electron chi connectivity index (χ0n) is 11.9. The van der Waals surface area contributed by atoms with Crippen molar-refractivity contribution < 1.29 is 9.90 Å². The van der Waals surface area contributed by atoms with Crippen molar-refractivity contribution in [1.82, 2.24) is 0 Å². The van der Waals surface area contributed by atoms with Gasteiger partial charge < -0.3 is 10.4 Å². The molecule has 1 amide bonds. The number of amides is 1. The molecule has 0 aliphatic carbocycles. The number of benzene rings is 2. The van der Waals surface area contributed by atoms with E-state index in [4.69, 9.17) is 11.6 Å². The number of aromatic hydroxyl groups is 1. The predicted octanol–water partition coefficient (Wildman–Crippen LogP) is 4.32. The minimum Gasteiger partial charge on any atom is -0.506 e. The van der Waals surface area contributed by atoms with Gasteiger partial charge in [-0.15, -0.1) is 0 Å². The number of hydrogen-bond donors (Lipinski definition) is 2. The first-order valence-electron chi connectivity index (χ1n) is 6.88. The fourth-order valence-corrected chi connectivity index (χ4v) is 2.19. The molecule has 0 radical (unpaired) electrons. The van der Waals surface area contributed by atoms with Crippen LogP contribution in [0, 0.1) is 6.92 Å². The van der Waals surface area contributed by atoms with E-state index in [1.165, 1.54) is 0 Å². The van der Waals surface area contributed by atoms with Crippen LogP contribution in [-0.4, -0.2) is 11.0 Å². The monoisotopic (exact) mass is 303 g/mol. The van der Waals surface area contributed by atoms with Crippen molar-refractivity contribution in [2.45, 2.75) is 26.2 Å². The van der Waals surface area contributed by atoms with Crippen LogP contribution in [0.1, 0.15) is 24.0 Å². The summed E-state index contributed by atoms with van der Waals surface area (Å²) in [6, 6.07) is 12.8. The van der Waals surface area contributed by atoms with E-state index in [1.807, 2.05) is 37.3 Å². The van der Waals surface area contributed by atoms with E-state index in [0.29, 0.717) is 17.1 Å². The average molecular weight is 304 g/mol. The quantitative estimate of drug-likeness (QED) is 0.808. The third-order valence-electron chi connectivity index (χ3n) is 3.21. The minimum atomic E-state index is -0.0943. The second-order valence-electron chi connectivity index (χ2n) is 5.05. The van der Waals surface area contributed by atoms with Crippen molar-refractivity contribution in [3.05, 3.63) is 58.6 Å². The van der Waals surface area contributed by atoms with Crippen molar-refractivity contribution in [2.75, 3.05) is 5.32 Å². The second-order valence-corrected chi connectivity index (χ2v) is 5.49. The summed E-state index contributed by atoms with van der Waals surface area (Å²) in [6.07, 6.45) is 1.99. The molecule has 21 heavy (non-hydrogen) atoms. The number of carbonyl (C=O) groups is 1. The molecule has 0 heterocycles. The van der Waals surface area contributed by atoms with Gasteiger partial charge in [0.05, 0.1) is 5.69 Å². The summed E-state index contributed by atoms with van der Waals surface area (Å²) in [5.41, 5.74) is 2.57. The van der Waals surface area contributed by atoms with E-state index in [1.54, 1.807) is 12.1 Å². The summed E-state index contributed by atoms with van der Waals surface area (Å²) in [5, 5.41) is 13.2. The zero-order valence-corrected chi connectivity index (χ0v) is 12.7. The topological polar surface area (TPSA) is 49.3 Å². The summed E-state index contributed by atoms with van der Waals surface area (Å²) in [7, 11) is 0. The number of phenolic OH excluding ortho intramolecular Hbond substituents is 1. The van der Waals surface area contributed by atoms with Gasteiger partial charge in [0.15, 0.2) is 0 Å². The van der Waals surface area contributed by atoms with Crippen LogP contribution in [0.2, 0.25) is 5.02 Å². The Labute approximate surface area is 129 Å². The molecule has 0 atom stereocenters. The molecular weight excluding hydrogens is 286 g/mol. The van der Waals surface area contributed by atoms with Gasteiger partial charge in [0, 0.05) is 11.4 Å². The number of carbonyl (C=O) groups excluding carboxylic acids is 1. The molecule has 0 bridgehead atoms. The molecule has 2 N–H and O–H groups in total. The van der Waals surface area contributed by atoms with Gasteiger partial charge in [-0.1, -0.05) is 29.8 Å². The highest BCUT2D eigenvalue weighted by Gasteiger charge is 2.06. The van der Waals surface area contributed by atoms with E-state index >= 15 is 0 Å². The third kappa shape index (κ3) is 4.80. The van der Waals surface area contributed by atoms with Gasteiger partial charge in [0.2, 0.25) is 5.91 Å². The highest BCUT2D eigenvalue weighted by Crippen LogP contribution is 2.24. The summed E-state index contributed by atoms with van der Waals surface area (Å²) < 4.78 is 0. The molecule has 0 spiro atoms. The fourth-order valence-electron chi connectivity index (χ4n) is 2.06. The van der Waals surface area contributed by atoms with Crippen LogP contribution in [-0.2, 0) is 11.2 Å². The van der Waals surface area contributed by atoms with Gasteiger partial charge in [-0.05, 0) is 55.2 Å². The Morgan fingerprint density at radius 3 is 2.57 bits per heavy atom. The standard InChI is InChI=1S/C17H18ClNO2/c1-12-5-10-15(16(20)11-12)19-17(21)4-2-3-13-6-8-14(18)9-7-13/h5-11,20H,2-4H2,1H3,(H,19,21). The highest BCUT2D eigenvalue weighted by molar-refractivity contribution is 6.30. The molecule has 3 nitrogen and oxygen atoms in total. The Morgan fingerprint density at radius 1 is 1.19 bits per heavy atom. The van der Waals surface area contributed by atoms with E-state index in [2.05, 4.69) is 5.32 Å². The summed E-state index contributed by atoms with van der Waals surface area (Å²) in [4.78, 5) is 11.9. The maximum absolute atomic E-state index is 11.9. The first-order chi connectivity index (χ1) is 10.0. The maximum Gasteiger partial charge on any atom is 0.224 e. The lowest BCUT2D eigenvalue weighted by atomic mass is 10.1. The maximum atomic E-state index is 11.9. The molecule has 0 fully saturated rings. The second kappa shape index (κ2) is 7.14. The number of nitrogens with one attached hydrogen (secondary N) is 1. The molecule has 2 aromatic rings. The largest absolute Gasteiger partial charge is 0.506 e. The van der Waals surface area contributed by atoms with Crippen molar-refractivity contribution in [3.8, 4) is 5.75 Å². The van der Waals surface area contributed by atoms with Crippen LogP contribution in [0.5, 0.6) is 5.75 Å². The average Bonchev–Trinajstić information content (AvgIpc) is 2.44. The normalized spacial score (nSPS) is 10.4. The smallest absolute Gasteiger partial charge is 0.224 e. The van der Waals surface area contributed by atoms with E-state index in [9.17, 15) is 9.90 Å². The van der Waals surface area contributed by atoms with Crippen LogP contribution in [0.4, 0.5) is 5.69 Å². The number of rotatable bonds is 5. The minimum absolute atomic E-state index is 0.0943. The number of phenols is 1. The van der Waals surface area contributed by atoms with E-state index in [0.717, 1.165) is 24.0 Å². The van der Waals surface area contributed by atoms with Crippen molar-refractivity contribution in [2.24, 2.45) is 0 Å². The van der Waals surface area contributed by atoms with E-state index in [-0.39, 0.29) is 11.7 Å². The molecule has 0 aromatic heterocycles. The van der Waals surface area contributed by atoms with Crippen LogP contribution in [0.25, 0.3) is 0 Å². The Balaban J connectivity index is 1.81. The van der Waals surface area contributed by atoms with Crippen LogP contribution in [0.15, 0.2) is 42.5 Å². The van der Waals surface area contributed by atoms with Crippen molar-refractivity contribution in [3.63, 3.8) is 0 Å². The summed E-state index contributed by atoms with van der Waals surface area (Å²) in [5.74, 6) is 0.00386. The lowest BCUT2D eigenvalue weighted by molar-refractivity contribution is -0.116. The lowest BCUT2D eigenvalue weighted by Gasteiger charge is -2.08. The van der Waals surface area contributed by atoms with Crippen LogP contribution in [0.3, 0.4) is 0 Å². The number of aryl methyl sites for hydroxylation is 2. The molecule has 0 saturated heterocycles. The van der Waals surface area contributed by atoms with Crippen LogP contribution >= 0.6 is 11.6 Å². The van der Waals surface area contributed by atoms with Crippen LogP contribution < -0.4 is 5.32 Å². The Morgan fingerprint density at radius 2 is 1.90 bits per heavy atom. The molecule has 0 aliphatic rings. The van der Waals surface area contributed by atoms with Gasteiger partial charge in [0.1, 0.15) is 5.75 Å². The van der Waals surface area contributed by atoms with Crippen molar-refractivity contribution >= 4 is 23.2 Å². The molecule has 4 heteroatoms. The van der Waals surface area contributed by atoms with E-state index < -0.39 is 0 Å². The molecule has 2 rings (SSSR count). The predicted molar refractivity (Wildman–Crippen MR) is 85.9 cm³/mol. The molecule has 110 valence electrons. The van der Waals surface area contributed by atoms with Crippen molar-refractivity contribution in [1.29, 1.82) is 0 Å². The molecule has 0 saturated carbocycles. The first-order valence-corrected chi connectivity index (χ1v) is 7.26. The third-order valence-corrected chi connectivity index (χ3v) is 3.46. The first kappa shape index (κ1) is 15.4. The Bertz CT molecular complexity index is 623. The SMILES string of the molecule is Cc1ccc(NC(=O)CCCc2ccc(Cl)cc2)c(O)c1. The number of anilines is 1. The van der Waals surface area contributed by atoms with Gasteiger partial charge >= 0.3 is 0 Å².